The average Bonchev–Trinajstić information content (AvgIpc) is 2.86. The third kappa shape index (κ3) is 4.36. The number of ketones is 2. The third-order valence-electron chi connectivity index (χ3n) is 8.76. The van der Waals surface area contributed by atoms with Gasteiger partial charge in [-0.3, -0.25) is 19.3 Å². The summed E-state index contributed by atoms with van der Waals surface area (Å²) in [6.45, 7) is 5.26. The van der Waals surface area contributed by atoms with Crippen LogP contribution in [0, 0.1) is 17.8 Å². The molecule has 11 heteroatoms. The van der Waals surface area contributed by atoms with Gasteiger partial charge < -0.3 is 36.4 Å². The molecule has 1 aromatic rings. The van der Waals surface area contributed by atoms with Crippen LogP contribution in [0.5, 0.6) is 5.75 Å². The van der Waals surface area contributed by atoms with Crippen LogP contribution in [-0.2, 0) is 27.3 Å². The number of hydrogen-bond donors (Lipinski definition) is 6. The number of fused-ring (bicyclic) bond motifs is 3. The Morgan fingerprint density at radius 2 is 1.85 bits per heavy atom. The topological polar surface area (TPSA) is 177 Å². The van der Waals surface area contributed by atoms with Gasteiger partial charge in [0.15, 0.2) is 11.4 Å². The Balaban J connectivity index is 1.90. The predicted molar refractivity (Wildman–Crippen MR) is 150 cm³/mol. The highest BCUT2D eigenvalue weighted by Crippen LogP contribution is 2.54. The molecule has 3 aliphatic carbocycles. The molecule has 7 N–H and O–H groups in total. The first kappa shape index (κ1) is 29.6. The van der Waals surface area contributed by atoms with Gasteiger partial charge in [0.1, 0.15) is 22.8 Å². The molecule has 0 bridgehead atoms. The van der Waals surface area contributed by atoms with E-state index in [-0.39, 0.29) is 29.7 Å². The van der Waals surface area contributed by atoms with E-state index in [0.717, 1.165) is 18.7 Å². The van der Waals surface area contributed by atoms with Crippen LogP contribution in [-0.4, -0.2) is 89.2 Å². The molecule has 5 atom stereocenters. The molecule has 0 radical (unpaired) electrons. The van der Waals surface area contributed by atoms with Crippen LogP contribution in [0.1, 0.15) is 43.4 Å². The van der Waals surface area contributed by atoms with Crippen molar-refractivity contribution >= 4 is 28.9 Å². The van der Waals surface area contributed by atoms with Crippen molar-refractivity contribution in [1.29, 1.82) is 0 Å². The molecular weight excluding hydrogens is 516 g/mol. The van der Waals surface area contributed by atoms with Crippen molar-refractivity contribution in [2.45, 2.75) is 51.3 Å². The second-order valence-corrected chi connectivity index (χ2v) is 11.8. The molecule has 0 heterocycles. The number of amides is 1. The highest BCUT2D eigenvalue weighted by atomic mass is 16.3. The summed E-state index contributed by atoms with van der Waals surface area (Å²) in [6, 6.07) is 0.746. The van der Waals surface area contributed by atoms with Gasteiger partial charge in [0.2, 0.25) is 5.78 Å². The predicted octanol–water partition coefficient (Wildman–Crippen LogP) is 1.17. The van der Waals surface area contributed by atoms with Gasteiger partial charge in [0.25, 0.3) is 5.91 Å². The summed E-state index contributed by atoms with van der Waals surface area (Å²) in [5, 5.41) is 49.0. The maximum Gasteiger partial charge on any atom is 0.255 e. The number of aliphatic hydroxyl groups excluding tert-OH is 2. The van der Waals surface area contributed by atoms with Gasteiger partial charge in [-0.05, 0) is 56.9 Å². The lowest BCUT2D eigenvalue weighted by Crippen LogP contribution is -2.65. The van der Waals surface area contributed by atoms with Crippen molar-refractivity contribution in [2.75, 3.05) is 39.6 Å². The van der Waals surface area contributed by atoms with E-state index in [2.05, 4.69) is 19.2 Å². The number of anilines is 1. The van der Waals surface area contributed by atoms with Crippen LogP contribution in [0.4, 0.5) is 5.69 Å². The first-order valence-corrected chi connectivity index (χ1v) is 13.6. The van der Waals surface area contributed by atoms with Gasteiger partial charge in [-0.15, -0.1) is 0 Å². The number of hydrogen-bond acceptors (Lipinski definition) is 10. The largest absolute Gasteiger partial charge is 0.508 e. The van der Waals surface area contributed by atoms with Crippen molar-refractivity contribution in [1.82, 2.24) is 10.2 Å². The monoisotopic (exact) mass is 556 g/mol. The van der Waals surface area contributed by atoms with Gasteiger partial charge in [-0.2, -0.15) is 0 Å². The van der Waals surface area contributed by atoms with Crippen LogP contribution in [0.25, 0.3) is 5.76 Å². The standard InChI is InChI=1S/C29H40N4O7/c1-7-13(2)11-31-12-15-10-18(32(3)4)16-8-14-9-17-22(33(5)6)25(36)21(28(30)39)27(38)29(17,40)26(37)19(14)24(35)20(16)23(15)34/h10,13-14,17,22,31,34-35,38,40H,7-9,11-12H2,1-6H3,(H2,30,39). The summed E-state index contributed by atoms with van der Waals surface area (Å²) in [5.74, 6) is -6.09. The molecule has 3 aliphatic rings. The molecule has 1 saturated carbocycles. The zero-order chi connectivity index (χ0) is 29.8. The van der Waals surface area contributed by atoms with Crippen LogP contribution in [0.15, 0.2) is 23.0 Å². The quantitative estimate of drug-likeness (QED) is 0.255. The van der Waals surface area contributed by atoms with E-state index in [1.54, 1.807) is 14.1 Å². The molecule has 4 rings (SSSR count). The number of aromatic hydroxyl groups is 1. The van der Waals surface area contributed by atoms with Gasteiger partial charge in [0.05, 0.1) is 11.6 Å². The number of aliphatic hydroxyl groups is 3. The summed E-state index contributed by atoms with van der Waals surface area (Å²) in [4.78, 5) is 42.8. The van der Waals surface area contributed by atoms with Crippen molar-refractivity contribution in [3.8, 4) is 5.75 Å². The second kappa shape index (κ2) is 10.5. The van der Waals surface area contributed by atoms with Crippen molar-refractivity contribution in [3.05, 3.63) is 39.7 Å². The molecule has 0 aliphatic heterocycles. The number of nitrogens with two attached hydrogens (primary N) is 1. The van der Waals surface area contributed by atoms with Crippen molar-refractivity contribution < 1.29 is 34.8 Å². The molecule has 40 heavy (non-hydrogen) atoms. The third-order valence-corrected chi connectivity index (χ3v) is 8.76. The van der Waals surface area contributed by atoms with E-state index < -0.39 is 58.0 Å². The molecule has 1 fully saturated rings. The van der Waals surface area contributed by atoms with E-state index in [9.17, 15) is 34.8 Å². The Morgan fingerprint density at radius 3 is 2.40 bits per heavy atom. The molecule has 5 unspecified atom stereocenters. The Kier molecular flexibility index (Phi) is 7.78. The highest BCUT2D eigenvalue weighted by Gasteiger charge is 2.64. The molecule has 0 aromatic heterocycles. The molecule has 218 valence electrons. The minimum atomic E-state index is -2.65. The van der Waals surface area contributed by atoms with E-state index in [0.29, 0.717) is 23.6 Å². The second-order valence-electron chi connectivity index (χ2n) is 11.8. The first-order valence-electron chi connectivity index (χ1n) is 13.6. The fourth-order valence-electron chi connectivity index (χ4n) is 6.48. The Hall–Kier alpha value is -3.41. The van der Waals surface area contributed by atoms with E-state index in [1.807, 2.05) is 25.1 Å². The van der Waals surface area contributed by atoms with Crippen molar-refractivity contribution in [2.24, 2.45) is 23.5 Å². The number of Topliss-reactive ketones (excluding diaryl/α,β-unsaturated/α-hetero) is 2. The number of rotatable bonds is 8. The first-order chi connectivity index (χ1) is 18.7. The lowest BCUT2D eigenvalue weighted by Gasteiger charge is -2.50. The minimum Gasteiger partial charge on any atom is -0.508 e. The molecule has 0 spiro atoms. The Morgan fingerprint density at radius 1 is 1.20 bits per heavy atom. The Bertz CT molecular complexity index is 1330. The van der Waals surface area contributed by atoms with Crippen LogP contribution in [0.3, 0.4) is 0 Å². The lowest BCUT2D eigenvalue weighted by molar-refractivity contribution is -0.153. The number of nitrogens with zero attached hydrogens (tertiary/aromatic N) is 2. The number of nitrogens with one attached hydrogen (secondary N) is 1. The summed E-state index contributed by atoms with van der Waals surface area (Å²) in [6.07, 6.45) is 1.29. The molecule has 11 nitrogen and oxygen atoms in total. The van der Waals surface area contributed by atoms with Crippen LogP contribution >= 0.6 is 0 Å². The summed E-state index contributed by atoms with van der Waals surface area (Å²) >= 11 is 0. The van der Waals surface area contributed by atoms with Gasteiger partial charge in [-0.1, -0.05) is 20.3 Å². The van der Waals surface area contributed by atoms with E-state index in [4.69, 9.17) is 5.73 Å². The van der Waals surface area contributed by atoms with Gasteiger partial charge in [-0.25, -0.2) is 0 Å². The maximum atomic E-state index is 14.0. The number of likely N-dealkylation sites (N-methyl/N-ethyl adjacent to an activating group) is 1. The fraction of sp³-hybridized carbons (Fsp3) is 0.552. The molecule has 1 amide bonds. The SMILES string of the molecule is CCC(C)CNCc1cc(N(C)C)c2c(c1O)C(O)=C1C(=O)C3(O)C(O)=C(C(N)=O)C(=O)C(N(C)C)C3CC1C2. The van der Waals surface area contributed by atoms with Crippen LogP contribution in [0.2, 0.25) is 0 Å². The smallest absolute Gasteiger partial charge is 0.255 e. The molecular formula is C29H40N4O7. The van der Waals surface area contributed by atoms with Crippen LogP contribution < -0.4 is 16.0 Å². The van der Waals surface area contributed by atoms with Gasteiger partial charge >= 0.3 is 0 Å². The summed E-state index contributed by atoms with van der Waals surface area (Å²) in [7, 11) is 6.85. The zero-order valence-corrected chi connectivity index (χ0v) is 23.9. The van der Waals surface area contributed by atoms with Gasteiger partial charge in [0, 0.05) is 43.4 Å². The number of phenolic OH excluding ortho intramolecular Hbond substituents is 1. The van der Waals surface area contributed by atoms with E-state index in [1.165, 1.54) is 4.90 Å². The van der Waals surface area contributed by atoms with E-state index >= 15 is 0 Å². The summed E-state index contributed by atoms with van der Waals surface area (Å²) < 4.78 is 0. The zero-order valence-electron chi connectivity index (χ0n) is 23.9. The number of carbonyl (C=O) groups is 3. The maximum absolute atomic E-state index is 14.0. The number of benzene rings is 1. The fourth-order valence-corrected chi connectivity index (χ4v) is 6.48. The number of primary amides is 1. The highest BCUT2D eigenvalue weighted by molar-refractivity contribution is 6.24. The van der Waals surface area contributed by atoms with Crippen molar-refractivity contribution in [3.63, 3.8) is 0 Å². The molecule has 1 aromatic carbocycles. The lowest BCUT2D eigenvalue weighted by atomic mass is 9.57. The summed E-state index contributed by atoms with van der Waals surface area (Å²) in [5.41, 5.74) is 3.78. The number of phenols is 1. The Labute approximate surface area is 233 Å². The minimum absolute atomic E-state index is 0.0532. The normalized spacial score (nSPS) is 26.9. The molecule has 0 saturated heterocycles. The number of carbonyl (C=O) groups excluding carboxylic acids is 3. The average molecular weight is 557 g/mol.